The Morgan fingerprint density at radius 1 is 0.968 bits per heavy atom. The van der Waals surface area contributed by atoms with Crippen LogP contribution in [0.5, 0.6) is 5.75 Å². The largest absolute Gasteiger partial charge is 0.493 e. The zero-order valence-corrected chi connectivity index (χ0v) is 18.6. The molecule has 0 saturated carbocycles. The van der Waals surface area contributed by atoms with Crippen molar-refractivity contribution in [2.24, 2.45) is 0 Å². The van der Waals surface area contributed by atoms with Gasteiger partial charge >= 0.3 is 0 Å². The Balaban J connectivity index is 1.32. The fourth-order valence-electron chi connectivity index (χ4n) is 2.93. The topological polar surface area (TPSA) is 91.5 Å². The summed E-state index contributed by atoms with van der Waals surface area (Å²) in [6.07, 6.45) is 0.447. The highest BCUT2D eigenvalue weighted by molar-refractivity contribution is 7.86. The van der Waals surface area contributed by atoms with Gasteiger partial charge in [0, 0.05) is 17.7 Å². The molecule has 0 aliphatic heterocycles. The molecule has 0 bridgehead atoms. The Morgan fingerprint density at radius 2 is 1.71 bits per heavy atom. The molecule has 8 heteroatoms. The Bertz CT molecular complexity index is 1280. The number of thiazole rings is 1. The first-order valence-electron chi connectivity index (χ1n) is 9.76. The number of nitrogen functional groups attached to an aromatic ring is 1. The summed E-state index contributed by atoms with van der Waals surface area (Å²) in [7, 11) is -3.75. The number of ether oxygens (including phenoxy) is 1. The first-order chi connectivity index (χ1) is 14.9. The maximum atomic E-state index is 12.2. The maximum absolute atomic E-state index is 12.2. The lowest BCUT2D eigenvalue weighted by Crippen LogP contribution is -2.10. The normalized spacial score (nSPS) is 11.6. The number of aryl methyl sites for hydroxylation is 1. The second-order valence-electron chi connectivity index (χ2n) is 7.06. The van der Waals surface area contributed by atoms with Crippen LogP contribution in [0.4, 0.5) is 5.69 Å². The molecule has 0 saturated heterocycles. The molecular weight excluding hydrogens is 432 g/mol. The first-order valence-corrected chi connectivity index (χ1v) is 12.0. The van der Waals surface area contributed by atoms with E-state index < -0.39 is 10.1 Å². The predicted molar refractivity (Wildman–Crippen MR) is 124 cm³/mol. The lowest BCUT2D eigenvalue weighted by atomic mass is 10.2. The molecule has 0 spiro atoms. The van der Waals surface area contributed by atoms with Gasteiger partial charge in [0.15, 0.2) is 0 Å². The molecule has 0 radical (unpaired) electrons. The van der Waals surface area contributed by atoms with Crippen molar-refractivity contribution >= 4 is 37.4 Å². The van der Waals surface area contributed by atoms with E-state index in [1.165, 1.54) is 0 Å². The number of anilines is 1. The third-order valence-corrected chi connectivity index (χ3v) is 7.02. The number of nitrogens with two attached hydrogens (primary N) is 1. The zero-order valence-electron chi connectivity index (χ0n) is 16.9. The number of nitrogens with zero attached hydrogens (tertiary/aromatic N) is 1. The van der Waals surface area contributed by atoms with Gasteiger partial charge < -0.3 is 10.5 Å². The van der Waals surface area contributed by atoms with E-state index >= 15 is 0 Å². The fourth-order valence-corrected chi connectivity index (χ4v) is 4.88. The molecule has 1 heterocycles. The summed E-state index contributed by atoms with van der Waals surface area (Å²) in [6.45, 7) is 2.30. The van der Waals surface area contributed by atoms with Crippen molar-refractivity contribution in [1.82, 2.24) is 4.98 Å². The van der Waals surface area contributed by atoms with Gasteiger partial charge in [-0.15, -0.1) is 11.3 Å². The lowest BCUT2D eigenvalue weighted by molar-refractivity contribution is 0.251. The zero-order chi connectivity index (χ0) is 21.8. The van der Waals surface area contributed by atoms with Crippen molar-refractivity contribution in [1.29, 1.82) is 0 Å². The van der Waals surface area contributed by atoms with Gasteiger partial charge in [0.2, 0.25) is 0 Å². The minimum atomic E-state index is -3.75. The third kappa shape index (κ3) is 5.22. The van der Waals surface area contributed by atoms with Crippen LogP contribution >= 0.6 is 11.3 Å². The predicted octanol–water partition coefficient (Wildman–Crippen LogP) is 5.03. The Hall–Kier alpha value is -2.94. The molecule has 31 heavy (non-hydrogen) atoms. The van der Waals surface area contributed by atoms with E-state index in [-0.39, 0.29) is 11.5 Å². The number of benzene rings is 3. The van der Waals surface area contributed by atoms with Crippen LogP contribution in [0.15, 0.2) is 71.6 Å². The van der Waals surface area contributed by atoms with E-state index in [4.69, 9.17) is 14.7 Å². The number of hydrogen-bond acceptors (Lipinski definition) is 7. The van der Waals surface area contributed by atoms with Gasteiger partial charge in [-0.1, -0.05) is 17.7 Å². The molecule has 2 N–H and O–H groups in total. The Kier molecular flexibility index (Phi) is 6.22. The van der Waals surface area contributed by atoms with Crippen molar-refractivity contribution in [2.75, 3.05) is 18.9 Å². The molecule has 0 aliphatic carbocycles. The van der Waals surface area contributed by atoms with Crippen LogP contribution < -0.4 is 10.5 Å². The van der Waals surface area contributed by atoms with Gasteiger partial charge in [-0.05, 0) is 61.5 Å². The van der Waals surface area contributed by atoms with Crippen LogP contribution in [0, 0.1) is 6.92 Å². The summed E-state index contributed by atoms with van der Waals surface area (Å²) in [5.74, 6) is 0.710. The average molecular weight is 455 g/mol. The molecule has 160 valence electrons. The summed E-state index contributed by atoms with van der Waals surface area (Å²) in [5, 5.41) is 0.918. The van der Waals surface area contributed by atoms with Crippen molar-refractivity contribution < 1.29 is 17.3 Å². The van der Waals surface area contributed by atoms with Crippen LogP contribution in [0.25, 0.3) is 20.8 Å². The number of aromatic nitrogens is 1. The molecule has 0 atom stereocenters. The molecular formula is C23H22N2O4S2. The van der Waals surface area contributed by atoms with E-state index in [1.54, 1.807) is 35.6 Å². The number of fused-ring (bicyclic) bond motifs is 1. The Labute approximate surface area is 185 Å². The van der Waals surface area contributed by atoms with Crippen LogP contribution in [-0.4, -0.2) is 26.6 Å². The van der Waals surface area contributed by atoms with Gasteiger partial charge in [-0.3, -0.25) is 4.18 Å². The Morgan fingerprint density at radius 3 is 2.45 bits per heavy atom. The SMILES string of the molecule is Cc1ccc(S(=O)(=O)OCCCOc2ccc3nc(-c4ccc(N)cc4)sc3c2)cc1. The van der Waals surface area contributed by atoms with Crippen molar-refractivity contribution in [3.63, 3.8) is 0 Å². The first kappa shape index (κ1) is 21.3. The van der Waals surface area contributed by atoms with E-state index in [1.807, 2.05) is 49.4 Å². The van der Waals surface area contributed by atoms with Crippen LogP contribution in [0.1, 0.15) is 12.0 Å². The van der Waals surface area contributed by atoms with Crippen LogP contribution in [0.2, 0.25) is 0 Å². The van der Waals surface area contributed by atoms with E-state index in [2.05, 4.69) is 4.98 Å². The standard InChI is InChI=1S/C23H22N2O4S2/c1-16-3-10-20(11-4-16)31(26,27)29-14-2-13-28-19-9-12-21-22(15-19)30-23(25-21)17-5-7-18(24)8-6-17/h3-12,15H,2,13-14,24H2,1H3. The third-order valence-electron chi connectivity index (χ3n) is 4.62. The smallest absolute Gasteiger partial charge is 0.296 e. The van der Waals surface area contributed by atoms with Crippen molar-refractivity contribution in [3.05, 3.63) is 72.3 Å². The summed E-state index contributed by atoms with van der Waals surface area (Å²) >= 11 is 1.58. The van der Waals surface area contributed by atoms with Gasteiger partial charge in [-0.2, -0.15) is 8.42 Å². The van der Waals surface area contributed by atoms with Gasteiger partial charge in [-0.25, -0.2) is 4.98 Å². The molecule has 0 unspecified atom stereocenters. The molecule has 0 amide bonds. The highest BCUT2D eigenvalue weighted by Gasteiger charge is 2.14. The van der Waals surface area contributed by atoms with E-state index in [0.29, 0.717) is 18.8 Å². The molecule has 3 aromatic carbocycles. The van der Waals surface area contributed by atoms with Crippen molar-refractivity contribution in [2.45, 2.75) is 18.2 Å². The molecule has 4 rings (SSSR count). The minimum absolute atomic E-state index is 0.0559. The summed E-state index contributed by atoms with van der Waals surface area (Å²) in [6, 6.07) is 19.9. The minimum Gasteiger partial charge on any atom is -0.493 e. The number of rotatable bonds is 8. The quantitative estimate of drug-likeness (QED) is 0.228. The van der Waals surface area contributed by atoms with Crippen LogP contribution in [-0.2, 0) is 14.3 Å². The molecule has 1 aromatic heterocycles. The monoisotopic (exact) mass is 454 g/mol. The second-order valence-corrected chi connectivity index (χ2v) is 9.71. The molecule has 0 aliphatic rings. The molecule has 6 nitrogen and oxygen atoms in total. The molecule has 4 aromatic rings. The summed E-state index contributed by atoms with van der Waals surface area (Å²) < 4.78 is 36.3. The lowest BCUT2D eigenvalue weighted by Gasteiger charge is -2.08. The maximum Gasteiger partial charge on any atom is 0.296 e. The number of hydrogen-bond donors (Lipinski definition) is 1. The van der Waals surface area contributed by atoms with Crippen LogP contribution in [0.3, 0.4) is 0 Å². The highest BCUT2D eigenvalue weighted by Crippen LogP contribution is 2.32. The second kappa shape index (κ2) is 9.05. The van der Waals surface area contributed by atoms with Gasteiger partial charge in [0.25, 0.3) is 10.1 Å². The average Bonchev–Trinajstić information content (AvgIpc) is 3.17. The van der Waals surface area contributed by atoms with Gasteiger partial charge in [0.1, 0.15) is 10.8 Å². The van der Waals surface area contributed by atoms with Crippen molar-refractivity contribution in [3.8, 4) is 16.3 Å². The van der Waals surface area contributed by atoms with E-state index in [0.717, 1.165) is 32.0 Å². The summed E-state index contributed by atoms with van der Waals surface area (Å²) in [5.41, 5.74) is 9.38. The van der Waals surface area contributed by atoms with E-state index in [9.17, 15) is 8.42 Å². The van der Waals surface area contributed by atoms with Gasteiger partial charge in [0.05, 0.1) is 28.3 Å². The highest BCUT2D eigenvalue weighted by atomic mass is 32.2. The molecule has 0 fully saturated rings. The summed E-state index contributed by atoms with van der Waals surface area (Å²) in [4.78, 5) is 4.82. The fraction of sp³-hybridized carbons (Fsp3) is 0.174.